The number of benzene rings is 1. The van der Waals surface area contributed by atoms with Crippen LogP contribution >= 0.6 is 11.6 Å². The van der Waals surface area contributed by atoms with Crippen LogP contribution in [0.2, 0.25) is 5.02 Å². The number of amides is 2. The highest BCUT2D eigenvalue weighted by Crippen LogP contribution is 2.21. The van der Waals surface area contributed by atoms with E-state index in [-0.39, 0.29) is 25.0 Å². The largest absolute Gasteiger partial charge is 0.483 e. The van der Waals surface area contributed by atoms with Crippen LogP contribution < -0.4 is 10.1 Å². The monoisotopic (exact) mass is 328 g/mol. The fraction of sp³-hybridized carbons (Fsp3) is 0.467. The molecule has 0 unspecified atom stereocenters. The Labute approximate surface area is 135 Å². The average Bonchev–Trinajstić information content (AvgIpc) is 2.46. The maximum Gasteiger partial charge on any atom is 0.260 e. The lowest BCUT2D eigenvalue weighted by atomic mass is 10.2. The van der Waals surface area contributed by atoms with Gasteiger partial charge in [0, 0.05) is 25.7 Å². The lowest BCUT2D eigenvalue weighted by Crippen LogP contribution is -2.41. The predicted molar refractivity (Wildman–Crippen MR) is 84.2 cm³/mol. The Bertz CT molecular complexity index is 522. The molecule has 22 heavy (non-hydrogen) atoms. The molecule has 0 aromatic heterocycles. The molecule has 0 heterocycles. The number of ether oxygens (including phenoxy) is 2. The van der Waals surface area contributed by atoms with Gasteiger partial charge in [-0.2, -0.15) is 0 Å². The number of hydrogen-bond donors (Lipinski definition) is 1. The van der Waals surface area contributed by atoms with Gasteiger partial charge in [-0.15, -0.1) is 0 Å². The molecule has 2 amide bonds. The molecule has 0 aliphatic carbocycles. The van der Waals surface area contributed by atoms with Gasteiger partial charge < -0.3 is 19.7 Å². The summed E-state index contributed by atoms with van der Waals surface area (Å²) in [4.78, 5) is 24.8. The SMILES string of the molecule is COCCNC(=O)CN(C)C(=O)COc1ccc(Cl)cc1C. The molecule has 6 nitrogen and oxygen atoms in total. The molecule has 1 rings (SSSR count). The van der Waals surface area contributed by atoms with E-state index in [4.69, 9.17) is 21.1 Å². The zero-order chi connectivity index (χ0) is 16.5. The van der Waals surface area contributed by atoms with Crippen LogP contribution in [0, 0.1) is 6.92 Å². The first-order chi connectivity index (χ1) is 10.4. The Hall–Kier alpha value is -1.79. The molecule has 0 spiro atoms. The Kier molecular flexibility index (Phi) is 7.70. The summed E-state index contributed by atoms with van der Waals surface area (Å²) in [6.07, 6.45) is 0. The van der Waals surface area contributed by atoms with Crippen molar-refractivity contribution in [3.63, 3.8) is 0 Å². The van der Waals surface area contributed by atoms with E-state index in [0.29, 0.717) is 23.9 Å². The summed E-state index contributed by atoms with van der Waals surface area (Å²) < 4.78 is 10.3. The Morgan fingerprint density at radius 2 is 2.09 bits per heavy atom. The Morgan fingerprint density at radius 1 is 1.36 bits per heavy atom. The highest BCUT2D eigenvalue weighted by molar-refractivity contribution is 6.30. The topological polar surface area (TPSA) is 67.9 Å². The molecule has 0 bridgehead atoms. The quantitative estimate of drug-likeness (QED) is 0.729. The molecule has 0 fully saturated rings. The molecule has 0 atom stereocenters. The van der Waals surface area contributed by atoms with Crippen molar-refractivity contribution in [2.24, 2.45) is 0 Å². The number of carbonyl (C=O) groups excluding carboxylic acids is 2. The number of halogens is 1. The van der Waals surface area contributed by atoms with Crippen molar-refractivity contribution < 1.29 is 19.1 Å². The number of aryl methyl sites for hydroxylation is 1. The van der Waals surface area contributed by atoms with E-state index in [2.05, 4.69) is 5.32 Å². The molecule has 1 aromatic carbocycles. The van der Waals surface area contributed by atoms with E-state index in [1.807, 2.05) is 6.92 Å². The third-order valence-electron chi connectivity index (χ3n) is 2.92. The van der Waals surface area contributed by atoms with Crippen molar-refractivity contribution in [1.29, 1.82) is 0 Å². The van der Waals surface area contributed by atoms with Crippen molar-refractivity contribution >= 4 is 23.4 Å². The second kappa shape index (κ2) is 9.27. The molecule has 122 valence electrons. The highest BCUT2D eigenvalue weighted by atomic mass is 35.5. The normalized spacial score (nSPS) is 10.2. The summed E-state index contributed by atoms with van der Waals surface area (Å²) in [5.74, 6) is 0.0718. The number of rotatable bonds is 8. The van der Waals surface area contributed by atoms with Gasteiger partial charge in [0.15, 0.2) is 6.61 Å². The first-order valence-electron chi connectivity index (χ1n) is 6.82. The molecular weight excluding hydrogens is 308 g/mol. The number of carbonyl (C=O) groups is 2. The standard InChI is InChI=1S/C15H21ClN2O4/c1-11-8-12(16)4-5-13(11)22-10-15(20)18(2)9-14(19)17-6-7-21-3/h4-5,8H,6-7,9-10H2,1-3H3,(H,17,19). The van der Waals surface area contributed by atoms with Crippen LogP contribution in [0.4, 0.5) is 0 Å². The zero-order valence-corrected chi connectivity index (χ0v) is 13.8. The Balaban J connectivity index is 2.39. The third-order valence-corrected chi connectivity index (χ3v) is 3.16. The molecule has 1 aromatic rings. The van der Waals surface area contributed by atoms with Crippen LogP contribution in [0.3, 0.4) is 0 Å². The van der Waals surface area contributed by atoms with Crippen molar-refractivity contribution in [3.8, 4) is 5.75 Å². The van der Waals surface area contributed by atoms with Gasteiger partial charge in [0.2, 0.25) is 5.91 Å². The minimum atomic E-state index is -0.281. The molecule has 0 saturated carbocycles. The molecule has 7 heteroatoms. The molecule has 0 radical (unpaired) electrons. The minimum Gasteiger partial charge on any atom is -0.483 e. The fourth-order valence-corrected chi connectivity index (χ4v) is 1.90. The number of likely N-dealkylation sites (N-methyl/N-ethyl adjacent to an activating group) is 1. The van der Waals surface area contributed by atoms with Gasteiger partial charge in [-0.25, -0.2) is 0 Å². The van der Waals surface area contributed by atoms with E-state index in [0.717, 1.165) is 5.56 Å². The molecular formula is C15H21ClN2O4. The summed E-state index contributed by atoms with van der Waals surface area (Å²) >= 11 is 5.86. The van der Waals surface area contributed by atoms with Crippen LogP contribution in [0.15, 0.2) is 18.2 Å². The van der Waals surface area contributed by atoms with Crippen LogP contribution in [0.1, 0.15) is 5.56 Å². The smallest absolute Gasteiger partial charge is 0.260 e. The Morgan fingerprint density at radius 3 is 2.73 bits per heavy atom. The average molecular weight is 329 g/mol. The predicted octanol–water partition coefficient (Wildman–Crippen LogP) is 1.25. The first-order valence-corrected chi connectivity index (χ1v) is 7.20. The molecule has 0 saturated heterocycles. The third kappa shape index (κ3) is 6.32. The van der Waals surface area contributed by atoms with Crippen molar-refractivity contribution in [2.45, 2.75) is 6.92 Å². The van der Waals surface area contributed by atoms with E-state index in [1.54, 1.807) is 32.4 Å². The van der Waals surface area contributed by atoms with Gasteiger partial charge in [-0.3, -0.25) is 9.59 Å². The lowest BCUT2D eigenvalue weighted by Gasteiger charge is -2.17. The minimum absolute atomic E-state index is 0.0223. The maximum absolute atomic E-state index is 11.9. The number of methoxy groups -OCH3 is 1. The second-order valence-corrected chi connectivity index (χ2v) is 5.23. The van der Waals surface area contributed by atoms with Crippen molar-refractivity contribution in [2.75, 3.05) is 40.5 Å². The summed E-state index contributed by atoms with van der Waals surface area (Å²) in [7, 11) is 3.11. The molecule has 0 aliphatic heterocycles. The van der Waals surface area contributed by atoms with Crippen LogP contribution in [-0.2, 0) is 14.3 Å². The van der Waals surface area contributed by atoms with Gasteiger partial charge in [-0.1, -0.05) is 11.6 Å². The van der Waals surface area contributed by atoms with Crippen LogP contribution in [-0.4, -0.2) is 57.2 Å². The number of nitrogens with one attached hydrogen (secondary N) is 1. The second-order valence-electron chi connectivity index (χ2n) is 4.79. The molecule has 1 N–H and O–H groups in total. The van der Waals surface area contributed by atoms with Gasteiger partial charge >= 0.3 is 0 Å². The lowest BCUT2D eigenvalue weighted by molar-refractivity contribution is -0.136. The van der Waals surface area contributed by atoms with Crippen molar-refractivity contribution in [3.05, 3.63) is 28.8 Å². The highest BCUT2D eigenvalue weighted by Gasteiger charge is 2.13. The van der Waals surface area contributed by atoms with Gasteiger partial charge in [0.05, 0.1) is 13.2 Å². The maximum atomic E-state index is 11.9. The van der Waals surface area contributed by atoms with Gasteiger partial charge in [-0.05, 0) is 30.7 Å². The summed E-state index contributed by atoms with van der Waals surface area (Å²) in [6.45, 7) is 2.54. The van der Waals surface area contributed by atoms with Gasteiger partial charge in [0.1, 0.15) is 5.75 Å². The zero-order valence-electron chi connectivity index (χ0n) is 13.0. The van der Waals surface area contributed by atoms with Crippen molar-refractivity contribution in [1.82, 2.24) is 10.2 Å². The van der Waals surface area contributed by atoms with E-state index < -0.39 is 0 Å². The number of hydrogen-bond acceptors (Lipinski definition) is 4. The number of nitrogens with zero attached hydrogens (tertiary/aromatic N) is 1. The van der Waals surface area contributed by atoms with E-state index in [9.17, 15) is 9.59 Å². The molecule has 0 aliphatic rings. The van der Waals surface area contributed by atoms with Gasteiger partial charge in [0.25, 0.3) is 5.91 Å². The first kappa shape index (κ1) is 18.3. The summed E-state index contributed by atoms with van der Waals surface area (Å²) in [6, 6.07) is 5.16. The fourth-order valence-electron chi connectivity index (χ4n) is 1.68. The van der Waals surface area contributed by atoms with E-state index >= 15 is 0 Å². The van der Waals surface area contributed by atoms with Crippen LogP contribution in [0.25, 0.3) is 0 Å². The summed E-state index contributed by atoms with van der Waals surface area (Å²) in [5, 5.41) is 3.26. The van der Waals surface area contributed by atoms with Crippen LogP contribution in [0.5, 0.6) is 5.75 Å². The summed E-state index contributed by atoms with van der Waals surface area (Å²) in [5.41, 5.74) is 0.847. The van der Waals surface area contributed by atoms with E-state index in [1.165, 1.54) is 4.90 Å².